The van der Waals surface area contributed by atoms with Gasteiger partial charge in [-0.15, -0.1) is 11.8 Å². The van der Waals surface area contributed by atoms with Crippen LogP contribution >= 0.6 is 11.8 Å². The third-order valence-corrected chi connectivity index (χ3v) is 5.79. The number of hydrogen-bond donors (Lipinski definition) is 0. The average Bonchev–Trinajstić information content (AvgIpc) is 3.09. The molecule has 1 heterocycles. The van der Waals surface area contributed by atoms with Crippen LogP contribution in [0.2, 0.25) is 0 Å². The van der Waals surface area contributed by atoms with Crippen LogP contribution in [0.15, 0.2) is 47.4 Å². The maximum atomic E-state index is 12.7. The number of rotatable bonds is 6. The molecule has 0 spiro atoms. The zero-order valence-corrected chi connectivity index (χ0v) is 15.6. The zero-order valence-electron chi connectivity index (χ0n) is 14.8. The molecule has 0 N–H and O–H groups in total. The van der Waals surface area contributed by atoms with Gasteiger partial charge in [-0.2, -0.15) is 0 Å². The molecule has 1 unspecified atom stereocenters. The molecule has 2 aromatic rings. The number of methoxy groups -OCH3 is 2. The quantitative estimate of drug-likeness (QED) is 0.794. The molecular formula is C20H23NO3S. The molecule has 0 saturated heterocycles. The Hall–Kier alpha value is -2.14. The van der Waals surface area contributed by atoms with E-state index >= 15 is 0 Å². The van der Waals surface area contributed by atoms with E-state index in [0.29, 0.717) is 6.54 Å². The summed E-state index contributed by atoms with van der Waals surface area (Å²) in [6.45, 7) is 0.682. The highest BCUT2D eigenvalue weighted by Crippen LogP contribution is 2.37. The third kappa shape index (κ3) is 3.93. The molecule has 5 heteroatoms. The molecule has 0 bridgehead atoms. The van der Waals surface area contributed by atoms with Crippen LogP contribution in [0.3, 0.4) is 0 Å². The highest BCUT2D eigenvalue weighted by atomic mass is 32.2. The molecule has 0 aliphatic carbocycles. The van der Waals surface area contributed by atoms with E-state index < -0.39 is 0 Å². The highest BCUT2D eigenvalue weighted by Gasteiger charge is 2.29. The number of amides is 1. The van der Waals surface area contributed by atoms with Gasteiger partial charge in [0.2, 0.25) is 5.91 Å². The Balaban J connectivity index is 1.58. The van der Waals surface area contributed by atoms with E-state index in [9.17, 15) is 4.79 Å². The second-order valence-electron chi connectivity index (χ2n) is 6.12. The van der Waals surface area contributed by atoms with Gasteiger partial charge in [-0.1, -0.05) is 24.3 Å². The summed E-state index contributed by atoms with van der Waals surface area (Å²) in [6.07, 6.45) is 1.60. The molecule has 0 aromatic heterocycles. The van der Waals surface area contributed by atoms with Crippen LogP contribution in [0, 0.1) is 0 Å². The van der Waals surface area contributed by atoms with Crippen molar-refractivity contribution in [3.05, 3.63) is 53.6 Å². The molecule has 0 saturated carbocycles. The van der Waals surface area contributed by atoms with E-state index in [-0.39, 0.29) is 11.2 Å². The SMILES string of the molecule is COc1ccc(CCN(C)C(=O)C2Cc3ccccc3S2)cc1OC. The van der Waals surface area contributed by atoms with Crippen molar-refractivity contribution in [2.45, 2.75) is 23.0 Å². The van der Waals surface area contributed by atoms with Crippen molar-refractivity contribution in [2.75, 3.05) is 27.8 Å². The zero-order chi connectivity index (χ0) is 17.8. The van der Waals surface area contributed by atoms with Crippen molar-refractivity contribution in [2.24, 2.45) is 0 Å². The first-order valence-corrected chi connectivity index (χ1v) is 9.20. The van der Waals surface area contributed by atoms with E-state index in [2.05, 4.69) is 12.1 Å². The van der Waals surface area contributed by atoms with E-state index in [4.69, 9.17) is 9.47 Å². The lowest BCUT2D eigenvalue weighted by molar-refractivity contribution is -0.129. The van der Waals surface area contributed by atoms with Gasteiger partial charge >= 0.3 is 0 Å². The molecular weight excluding hydrogens is 334 g/mol. The van der Waals surface area contributed by atoms with Gasteiger partial charge in [0.1, 0.15) is 0 Å². The molecule has 4 nitrogen and oxygen atoms in total. The molecule has 132 valence electrons. The van der Waals surface area contributed by atoms with E-state index in [1.54, 1.807) is 26.0 Å². The van der Waals surface area contributed by atoms with Crippen LogP contribution in [0.5, 0.6) is 11.5 Å². The van der Waals surface area contributed by atoms with Gasteiger partial charge in [-0.3, -0.25) is 4.79 Å². The van der Waals surface area contributed by atoms with Crippen molar-refractivity contribution in [3.8, 4) is 11.5 Å². The summed E-state index contributed by atoms with van der Waals surface area (Å²) in [4.78, 5) is 15.8. The lowest BCUT2D eigenvalue weighted by atomic mass is 10.1. The lowest BCUT2D eigenvalue weighted by Crippen LogP contribution is -2.35. The summed E-state index contributed by atoms with van der Waals surface area (Å²) < 4.78 is 10.6. The number of hydrogen-bond acceptors (Lipinski definition) is 4. The molecule has 1 aliphatic rings. The van der Waals surface area contributed by atoms with Crippen LogP contribution < -0.4 is 9.47 Å². The van der Waals surface area contributed by atoms with Gasteiger partial charge in [-0.05, 0) is 42.2 Å². The Bertz CT molecular complexity index is 737. The molecule has 0 fully saturated rings. The van der Waals surface area contributed by atoms with Crippen LogP contribution in [0.4, 0.5) is 0 Å². The van der Waals surface area contributed by atoms with E-state index in [1.807, 2.05) is 42.3 Å². The first-order chi connectivity index (χ1) is 12.1. The number of likely N-dealkylation sites (N-methyl/N-ethyl adjacent to an activating group) is 1. The predicted molar refractivity (Wildman–Crippen MR) is 101 cm³/mol. The van der Waals surface area contributed by atoms with Gasteiger partial charge in [-0.25, -0.2) is 0 Å². The van der Waals surface area contributed by atoms with Crippen LogP contribution in [-0.2, 0) is 17.6 Å². The fourth-order valence-corrected chi connectivity index (χ4v) is 4.32. The number of thioether (sulfide) groups is 1. The lowest BCUT2D eigenvalue weighted by Gasteiger charge is -2.20. The van der Waals surface area contributed by atoms with E-state index in [0.717, 1.165) is 29.9 Å². The maximum Gasteiger partial charge on any atom is 0.236 e. The van der Waals surface area contributed by atoms with Crippen molar-refractivity contribution < 1.29 is 14.3 Å². The number of nitrogens with zero attached hydrogens (tertiary/aromatic N) is 1. The summed E-state index contributed by atoms with van der Waals surface area (Å²) >= 11 is 1.68. The standard InChI is InChI=1S/C20H23NO3S/c1-21(11-10-14-8-9-16(23-2)17(12-14)24-3)20(22)19-13-15-6-4-5-7-18(15)25-19/h4-9,12,19H,10-11,13H2,1-3H3. The van der Waals surface area contributed by atoms with Crippen molar-refractivity contribution >= 4 is 17.7 Å². The molecule has 2 aromatic carbocycles. The van der Waals surface area contributed by atoms with Gasteiger partial charge in [0.25, 0.3) is 0 Å². The summed E-state index contributed by atoms with van der Waals surface area (Å²) in [7, 11) is 5.14. The minimum atomic E-state index is -0.00666. The smallest absolute Gasteiger partial charge is 0.236 e. The number of ether oxygens (including phenoxy) is 2. The van der Waals surface area contributed by atoms with Gasteiger partial charge in [0, 0.05) is 18.5 Å². The number of benzene rings is 2. The van der Waals surface area contributed by atoms with Crippen LogP contribution in [0.25, 0.3) is 0 Å². The minimum absolute atomic E-state index is 0.00666. The minimum Gasteiger partial charge on any atom is -0.493 e. The third-order valence-electron chi connectivity index (χ3n) is 4.48. The number of fused-ring (bicyclic) bond motifs is 1. The Kier molecular flexibility index (Phi) is 5.53. The second kappa shape index (κ2) is 7.83. The Morgan fingerprint density at radius 2 is 1.92 bits per heavy atom. The molecule has 1 aliphatic heterocycles. The topological polar surface area (TPSA) is 38.8 Å². The number of carbonyl (C=O) groups excluding carboxylic acids is 1. The summed E-state index contributed by atoms with van der Waals surface area (Å²) in [5.74, 6) is 1.63. The van der Waals surface area contributed by atoms with Crippen molar-refractivity contribution in [3.63, 3.8) is 0 Å². The molecule has 25 heavy (non-hydrogen) atoms. The fourth-order valence-electron chi connectivity index (χ4n) is 3.01. The second-order valence-corrected chi connectivity index (χ2v) is 7.36. The molecule has 0 radical (unpaired) electrons. The Labute approximate surface area is 153 Å². The monoisotopic (exact) mass is 357 g/mol. The summed E-state index contributed by atoms with van der Waals surface area (Å²) in [6, 6.07) is 14.2. The predicted octanol–water partition coefficient (Wildman–Crippen LogP) is 3.42. The largest absolute Gasteiger partial charge is 0.493 e. The molecule has 1 amide bonds. The summed E-state index contributed by atoms with van der Waals surface area (Å²) in [5.41, 5.74) is 2.40. The molecule has 1 atom stereocenters. The Morgan fingerprint density at radius 3 is 2.64 bits per heavy atom. The average molecular weight is 357 g/mol. The first-order valence-electron chi connectivity index (χ1n) is 8.33. The first kappa shape index (κ1) is 17.7. The van der Waals surface area contributed by atoms with Gasteiger partial charge < -0.3 is 14.4 Å². The van der Waals surface area contributed by atoms with Crippen molar-refractivity contribution in [1.29, 1.82) is 0 Å². The van der Waals surface area contributed by atoms with Gasteiger partial charge in [0.05, 0.1) is 19.5 Å². The normalized spacial score (nSPS) is 15.6. The fraction of sp³-hybridized carbons (Fsp3) is 0.350. The van der Waals surface area contributed by atoms with E-state index in [1.165, 1.54) is 10.5 Å². The van der Waals surface area contributed by atoms with Crippen molar-refractivity contribution in [1.82, 2.24) is 4.90 Å². The molecule has 3 rings (SSSR count). The number of carbonyl (C=O) groups is 1. The summed E-state index contributed by atoms with van der Waals surface area (Å²) in [5, 5.41) is -0.00666. The van der Waals surface area contributed by atoms with Gasteiger partial charge in [0.15, 0.2) is 11.5 Å². The highest BCUT2D eigenvalue weighted by molar-refractivity contribution is 8.01. The van der Waals surface area contributed by atoms with Crippen LogP contribution in [-0.4, -0.2) is 43.9 Å². The Morgan fingerprint density at radius 1 is 1.16 bits per heavy atom. The van der Waals surface area contributed by atoms with Crippen LogP contribution in [0.1, 0.15) is 11.1 Å². The maximum absolute atomic E-state index is 12.7.